The average Bonchev–Trinajstić information content (AvgIpc) is 2.17. The second-order valence-corrected chi connectivity index (χ2v) is 3.95. The first-order valence-electron chi connectivity index (χ1n) is 4.31. The number of aliphatic hydroxyl groups excluding tert-OH is 1. The highest BCUT2D eigenvalue weighted by molar-refractivity contribution is 7.99. The van der Waals surface area contributed by atoms with E-state index in [9.17, 15) is 5.11 Å². The number of nitrogens with zero attached hydrogens (tertiary/aromatic N) is 2. The zero-order valence-electron chi connectivity index (χ0n) is 8.30. The second-order valence-electron chi connectivity index (χ2n) is 2.96. The number of aryl methyl sites for hydroxylation is 1. The van der Waals surface area contributed by atoms with Gasteiger partial charge in [0, 0.05) is 25.3 Å². The van der Waals surface area contributed by atoms with Gasteiger partial charge in [0.25, 0.3) is 0 Å². The standard InChI is InChI=1S/C9H14N2O2S/c1-7-3-10-9(11-4-7)14-6-8(12)5-13-2/h3-4,8,12H,5-6H2,1-2H3. The van der Waals surface area contributed by atoms with E-state index in [1.54, 1.807) is 19.5 Å². The number of aliphatic hydroxyl groups is 1. The van der Waals surface area contributed by atoms with Crippen molar-refractivity contribution in [2.75, 3.05) is 19.5 Å². The van der Waals surface area contributed by atoms with Crippen molar-refractivity contribution in [1.82, 2.24) is 9.97 Å². The minimum absolute atomic E-state index is 0.346. The molecule has 78 valence electrons. The molecule has 0 saturated carbocycles. The van der Waals surface area contributed by atoms with E-state index >= 15 is 0 Å². The van der Waals surface area contributed by atoms with Crippen molar-refractivity contribution in [2.24, 2.45) is 0 Å². The van der Waals surface area contributed by atoms with E-state index in [2.05, 4.69) is 9.97 Å². The predicted octanol–water partition coefficient (Wildman–Crippen LogP) is 0.884. The molecule has 1 rings (SSSR count). The Morgan fingerprint density at radius 3 is 2.71 bits per heavy atom. The van der Waals surface area contributed by atoms with E-state index in [-0.39, 0.29) is 0 Å². The van der Waals surface area contributed by atoms with Crippen molar-refractivity contribution < 1.29 is 9.84 Å². The molecule has 0 bridgehead atoms. The van der Waals surface area contributed by atoms with Gasteiger partial charge in [-0.25, -0.2) is 9.97 Å². The minimum atomic E-state index is -0.463. The Balaban J connectivity index is 2.34. The zero-order valence-corrected chi connectivity index (χ0v) is 9.12. The van der Waals surface area contributed by atoms with Crippen LogP contribution >= 0.6 is 11.8 Å². The van der Waals surface area contributed by atoms with Crippen molar-refractivity contribution in [3.63, 3.8) is 0 Å². The lowest BCUT2D eigenvalue weighted by molar-refractivity contribution is 0.0794. The van der Waals surface area contributed by atoms with Gasteiger partial charge in [0.1, 0.15) is 0 Å². The monoisotopic (exact) mass is 214 g/mol. The smallest absolute Gasteiger partial charge is 0.187 e. The van der Waals surface area contributed by atoms with Crippen LogP contribution in [0.15, 0.2) is 17.6 Å². The second kappa shape index (κ2) is 5.95. The van der Waals surface area contributed by atoms with Crippen LogP contribution in [0.5, 0.6) is 0 Å². The molecule has 0 aliphatic carbocycles. The van der Waals surface area contributed by atoms with Gasteiger partial charge in [0.2, 0.25) is 0 Å². The van der Waals surface area contributed by atoms with Crippen LogP contribution < -0.4 is 0 Å². The fraction of sp³-hybridized carbons (Fsp3) is 0.556. The van der Waals surface area contributed by atoms with E-state index in [0.717, 1.165) is 5.56 Å². The summed E-state index contributed by atoms with van der Waals surface area (Å²) >= 11 is 1.42. The first-order chi connectivity index (χ1) is 6.72. The molecule has 0 aromatic carbocycles. The van der Waals surface area contributed by atoms with Gasteiger partial charge in [-0.3, -0.25) is 0 Å². The van der Waals surface area contributed by atoms with Gasteiger partial charge in [-0.1, -0.05) is 11.8 Å². The highest BCUT2D eigenvalue weighted by atomic mass is 32.2. The maximum atomic E-state index is 9.36. The number of thioether (sulfide) groups is 1. The topological polar surface area (TPSA) is 55.2 Å². The fourth-order valence-corrected chi connectivity index (χ4v) is 1.56. The van der Waals surface area contributed by atoms with Gasteiger partial charge in [-0.15, -0.1) is 0 Å². The molecule has 0 spiro atoms. The largest absolute Gasteiger partial charge is 0.390 e. The number of rotatable bonds is 5. The van der Waals surface area contributed by atoms with Crippen molar-refractivity contribution in [2.45, 2.75) is 18.2 Å². The molecule has 1 unspecified atom stereocenters. The van der Waals surface area contributed by atoms with Crippen LogP contribution in [0.4, 0.5) is 0 Å². The van der Waals surface area contributed by atoms with Crippen molar-refractivity contribution >= 4 is 11.8 Å². The number of methoxy groups -OCH3 is 1. The molecule has 0 saturated heterocycles. The van der Waals surface area contributed by atoms with E-state index < -0.39 is 6.10 Å². The third kappa shape index (κ3) is 4.04. The molecule has 0 fully saturated rings. The van der Waals surface area contributed by atoms with Gasteiger partial charge in [-0.2, -0.15) is 0 Å². The molecule has 1 aromatic rings. The maximum absolute atomic E-state index is 9.36. The van der Waals surface area contributed by atoms with E-state index in [0.29, 0.717) is 17.5 Å². The lowest BCUT2D eigenvalue weighted by Crippen LogP contribution is -2.16. The van der Waals surface area contributed by atoms with Crippen LogP contribution in [-0.2, 0) is 4.74 Å². The zero-order chi connectivity index (χ0) is 10.4. The summed E-state index contributed by atoms with van der Waals surface area (Å²) in [5.74, 6) is 0.552. The third-order valence-electron chi connectivity index (χ3n) is 1.52. The highest BCUT2D eigenvalue weighted by Gasteiger charge is 2.05. The fourth-order valence-electron chi connectivity index (χ4n) is 0.867. The lowest BCUT2D eigenvalue weighted by Gasteiger charge is -2.07. The average molecular weight is 214 g/mol. The van der Waals surface area contributed by atoms with Crippen LogP contribution in [-0.4, -0.2) is 40.6 Å². The minimum Gasteiger partial charge on any atom is -0.390 e. The highest BCUT2D eigenvalue weighted by Crippen LogP contribution is 2.13. The van der Waals surface area contributed by atoms with Crippen LogP contribution in [0.2, 0.25) is 0 Å². The maximum Gasteiger partial charge on any atom is 0.187 e. The summed E-state index contributed by atoms with van der Waals surface area (Å²) in [6, 6.07) is 0. The van der Waals surface area contributed by atoms with Crippen LogP contribution in [0.1, 0.15) is 5.56 Å². The van der Waals surface area contributed by atoms with E-state index in [1.807, 2.05) is 6.92 Å². The van der Waals surface area contributed by atoms with E-state index in [1.165, 1.54) is 11.8 Å². The van der Waals surface area contributed by atoms with Gasteiger partial charge >= 0.3 is 0 Å². The molecular weight excluding hydrogens is 200 g/mol. The quantitative estimate of drug-likeness (QED) is 0.582. The molecule has 4 nitrogen and oxygen atoms in total. The summed E-state index contributed by atoms with van der Waals surface area (Å²) in [4.78, 5) is 8.22. The molecule has 0 aliphatic heterocycles. The molecule has 1 atom stereocenters. The first kappa shape index (κ1) is 11.4. The molecule has 1 aromatic heterocycles. The van der Waals surface area contributed by atoms with Crippen LogP contribution in [0.25, 0.3) is 0 Å². The molecule has 1 heterocycles. The van der Waals surface area contributed by atoms with Crippen molar-refractivity contribution in [3.8, 4) is 0 Å². The Hall–Kier alpha value is -0.650. The van der Waals surface area contributed by atoms with Crippen LogP contribution in [0.3, 0.4) is 0 Å². The first-order valence-corrected chi connectivity index (χ1v) is 5.29. The number of aromatic nitrogens is 2. The Bertz CT molecular complexity index is 266. The van der Waals surface area contributed by atoms with Gasteiger partial charge < -0.3 is 9.84 Å². The number of ether oxygens (including phenoxy) is 1. The number of hydrogen-bond acceptors (Lipinski definition) is 5. The van der Waals surface area contributed by atoms with Gasteiger partial charge in [-0.05, 0) is 12.5 Å². The molecule has 0 aliphatic rings. The Morgan fingerprint density at radius 1 is 1.50 bits per heavy atom. The normalized spacial score (nSPS) is 12.8. The molecule has 14 heavy (non-hydrogen) atoms. The Kier molecular flexibility index (Phi) is 4.86. The predicted molar refractivity (Wildman–Crippen MR) is 55.4 cm³/mol. The van der Waals surface area contributed by atoms with Crippen molar-refractivity contribution in [1.29, 1.82) is 0 Å². The lowest BCUT2D eigenvalue weighted by atomic mass is 10.4. The summed E-state index contributed by atoms with van der Waals surface area (Å²) in [6.07, 6.45) is 3.06. The summed E-state index contributed by atoms with van der Waals surface area (Å²) < 4.78 is 4.81. The number of hydrogen-bond donors (Lipinski definition) is 1. The molecule has 0 amide bonds. The summed E-state index contributed by atoms with van der Waals surface area (Å²) in [5, 5.41) is 10.0. The molecule has 5 heteroatoms. The SMILES string of the molecule is COCC(O)CSc1ncc(C)cn1. The summed E-state index contributed by atoms with van der Waals surface area (Å²) in [5.41, 5.74) is 1.03. The van der Waals surface area contributed by atoms with Crippen molar-refractivity contribution in [3.05, 3.63) is 18.0 Å². The van der Waals surface area contributed by atoms with E-state index in [4.69, 9.17) is 4.74 Å². The molecule has 0 radical (unpaired) electrons. The van der Waals surface area contributed by atoms with Gasteiger partial charge in [0.15, 0.2) is 5.16 Å². The summed E-state index contributed by atoms with van der Waals surface area (Å²) in [7, 11) is 1.57. The third-order valence-corrected chi connectivity index (χ3v) is 2.54. The molecule has 1 N–H and O–H groups in total. The summed E-state index contributed by atoms with van der Waals surface area (Å²) in [6.45, 7) is 2.28. The van der Waals surface area contributed by atoms with Crippen LogP contribution in [0, 0.1) is 6.92 Å². The Morgan fingerprint density at radius 2 is 2.14 bits per heavy atom. The molecular formula is C9H14N2O2S. The Labute approximate surface area is 87.7 Å². The van der Waals surface area contributed by atoms with Gasteiger partial charge in [0.05, 0.1) is 12.7 Å².